The first-order valence-corrected chi connectivity index (χ1v) is 8.00. The lowest BCUT2D eigenvalue weighted by atomic mass is 10.2. The van der Waals surface area contributed by atoms with E-state index in [1.807, 2.05) is 0 Å². The number of aromatic nitrogens is 2. The number of carbonyl (C=O) groups is 1. The van der Waals surface area contributed by atoms with Crippen molar-refractivity contribution in [1.29, 1.82) is 0 Å². The van der Waals surface area contributed by atoms with Crippen LogP contribution in [0, 0.1) is 10.1 Å². The number of halogens is 2. The van der Waals surface area contributed by atoms with Gasteiger partial charge in [0.2, 0.25) is 5.91 Å². The van der Waals surface area contributed by atoms with Crippen molar-refractivity contribution in [2.75, 3.05) is 5.32 Å². The number of benzene rings is 2. The van der Waals surface area contributed by atoms with E-state index in [2.05, 4.69) is 10.3 Å². The van der Waals surface area contributed by atoms with Crippen LogP contribution >= 0.6 is 23.2 Å². The Labute approximate surface area is 156 Å². The van der Waals surface area contributed by atoms with Crippen LogP contribution in [-0.2, 0) is 11.3 Å². The highest BCUT2D eigenvalue weighted by Crippen LogP contribution is 2.29. The van der Waals surface area contributed by atoms with Gasteiger partial charge >= 0.3 is 0 Å². The molecule has 0 atom stereocenters. The van der Waals surface area contributed by atoms with Crippen LogP contribution in [0.5, 0.6) is 0 Å². The van der Waals surface area contributed by atoms with Crippen LogP contribution in [0.2, 0.25) is 10.0 Å². The van der Waals surface area contributed by atoms with Crippen molar-refractivity contribution in [3.05, 3.63) is 73.2 Å². The van der Waals surface area contributed by atoms with E-state index >= 15 is 0 Å². The monoisotopic (exact) mass is 392 g/mol. The molecule has 3 aromatic rings. The smallest absolute Gasteiger partial charge is 0.270 e. The van der Waals surface area contributed by atoms with Gasteiger partial charge in [0.1, 0.15) is 6.54 Å². The highest BCUT2D eigenvalue weighted by atomic mass is 35.5. The van der Waals surface area contributed by atoms with Gasteiger partial charge in [-0.15, -0.1) is 0 Å². The molecular formula is C16H10Cl2N4O4. The van der Waals surface area contributed by atoms with E-state index in [1.54, 1.807) is 18.2 Å². The van der Waals surface area contributed by atoms with Crippen molar-refractivity contribution in [3.8, 4) is 0 Å². The summed E-state index contributed by atoms with van der Waals surface area (Å²) >= 11 is 12.0. The van der Waals surface area contributed by atoms with Gasteiger partial charge in [-0.05, 0) is 18.2 Å². The third-order valence-electron chi connectivity index (χ3n) is 3.56. The maximum Gasteiger partial charge on any atom is 0.270 e. The Bertz CT molecular complexity index is 1080. The van der Waals surface area contributed by atoms with Crippen LogP contribution in [0.15, 0.2) is 47.5 Å². The SMILES string of the molecule is O=C(Cn1cnc2ccc([N+](=O)[O-])cc2c1=O)Nc1c(Cl)cccc1Cl. The minimum Gasteiger partial charge on any atom is -0.322 e. The molecule has 0 unspecified atom stereocenters. The first-order valence-electron chi connectivity index (χ1n) is 7.24. The van der Waals surface area contributed by atoms with Gasteiger partial charge in [0, 0.05) is 12.1 Å². The molecule has 0 bridgehead atoms. The molecule has 0 aliphatic rings. The number of carbonyl (C=O) groups excluding carboxylic acids is 1. The third kappa shape index (κ3) is 3.51. The van der Waals surface area contributed by atoms with E-state index in [0.717, 1.165) is 10.6 Å². The van der Waals surface area contributed by atoms with E-state index in [9.17, 15) is 19.7 Å². The van der Waals surface area contributed by atoms with Crippen LogP contribution in [0.4, 0.5) is 11.4 Å². The zero-order chi connectivity index (χ0) is 18.8. The van der Waals surface area contributed by atoms with Gasteiger partial charge < -0.3 is 5.32 Å². The van der Waals surface area contributed by atoms with Crippen molar-refractivity contribution in [1.82, 2.24) is 9.55 Å². The zero-order valence-electron chi connectivity index (χ0n) is 13.0. The Kier molecular flexibility index (Phi) is 4.88. The number of rotatable bonds is 4. The molecule has 8 nitrogen and oxygen atoms in total. The molecule has 26 heavy (non-hydrogen) atoms. The van der Waals surface area contributed by atoms with Gasteiger partial charge in [-0.25, -0.2) is 4.98 Å². The van der Waals surface area contributed by atoms with E-state index < -0.39 is 16.4 Å². The summed E-state index contributed by atoms with van der Waals surface area (Å²) in [5, 5.41) is 14.0. The number of anilines is 1. The number of hydrogen-bond donors (Lipinski definition) is 1. The van der Waals surface area contributed by atoms with Crippen molar-refractivity contribution < 1.29 is 9.72 Å². The molecular weight excluding hydrogens is 383 g/mol. The fourth-order valence-corrected chi connectivity index (χ4v) is 2.82. The molecule has 0 saturated carbocycles. The molecule has 3 rings (SSSR count). The van der Waals surface area contributed by atoms with Crippen molar-refractivity contribution >= 4 is 51.4 Å². The van der Waals surface area contributed by atoms with Crippen LogP contribution in [0.25, 0.3) is 10.9 Å². The summed E-state index contributed by atoms with van der Waals surface area (Å²) in [6, 6.07) is 8.51. The fraction of sp³-hybridized carbons (Fsp3) is 0.0625. The molecule has 1 heterocycles. The normalized spacial score (nSPS) is 10.7. The highest BCUT2D eigenvalue weighted by Gasteiger charge is 2.14. The molecule has 2 aromatic carbocycles. The number of fused-ring (bicyclic) bond motifs is 1. The number of nitrogens with zero attached hydrogens (tertiary/aromatic N) is 3. The second-order valence-corrected chi connectivity index (χ2v) is 6.10. The lowest BCUT2D eigenvalue weighted by molar-refractivity contribution is -0.384. The Balaban J connectivity index is 1.91. The molecule has 0 fully saturated rings. The van der Waals surface area contributed by atoms with Crippen molar-refractivity contribution in [2.24, 2.45) is 0 Å². The molecule has 1 amide bonds. The standard InChI is InChI=1S/C16H10Cl2N4O4/c17-11-2-1-3-12(18)15(11)20-14(23)7-21-8-19-13-5-4-9(22(25)26)6-10(13)16(21)24/h1-6,8H,7H2,(H,20,23). The fourth-order valence-electron chi connectivity index (χ4n) is 2.32. The Morgan fingerprint density at radius 3 is 2.58 bits per heavy atom. The number of hydrogen-bond acceptors (Lipinski definition) is 5. The Hall–Kier alpha value is -2.97. The maximum atomic E-state index is 12.5. The summed E-state index contributed by atoms with van der Waals surface area (Å²) in [5.41, 5.74) is -0.273. The quantitative estimate of drug-likeness (QED) is 0.541. The minimum absolute atomic E-state index is 0.0466. The third-order valence-corrected chi connectivity index (χ3v) is 4.19. The predicted octanol–water partition coefficient (Wildman–Crippen LogP) is 3.25. The number of nitro groups is 1. The summed E-state index contributed by atoms with van der Waals surface area (Å²) in [7, 11) is 0. The molecule has 0 aliphatic carbocycles. The average Bonchev–Trinajstić information content (AvgIpc) is 2.60. The van der Waals surface area contributed by atoms with E-state index in [-0.39, 0.29) is 33.4 Å². The number of para-hydroxylation sites is 1. The lowest BCUT2D eigenvalue weighted by Gasteiger charge is -2.10. The molecule has 0 radical (unpaired) electrons. The summed E-state index contributed by atoms with van der Waals surface area (Å²) < 4.78 is 1.05. The van der Waals surface area contributed by atoms with Crippen molar-refractivity contribution in [3.63, 3.8) is 0 Å². The van der Waals surface area contributed by atoms with Gasteiger partial charge in [0.05, 0.1) is 37.9 Å². The summed E-state index contributed by atoms with van der Waals surface area (Å²) in [4.78, 5) is 39.0. The Morgan fingerprint density at radius 2 is 1.92 bits per heavy atom. The Morgan fingerprint density at radius 1 is 1.23 bits per heavy atom. The second-order valence-electron chi connectivity index (χ2n) is 5.28. The van der Waals surface area contributed by atoms with Crippen LogP contribution in [-0.4, -0.2) is 20.4 Å². The average molecular weight is 393 g/mol. The number of non-ortho nitro benzene ring substituents is 1. The zero-order valence-corrected chi connectivity index (χ0v) is 14.5. The van der Waals surface area contributed by atoms with Crippen molar-refractivity contribution in [2.45, 2.75) is 6.54 Å². The molecule has 1 aromatic heterocycles. The first kappa shape index (κ1) is 17.8. The summed E-state index contributed by atoms with van der Waals surface area (Å²) in [6.07, 6.45) is 1.20. The first-order chi connectivity index (χ1) is 12.4. The number of amides is 1. The van der Waals surface area contributed by atoms with Crippen LogP contribution in [0.1, 0.15) is 0 Å². The molecule has 0 aliphatic heterocycles. The van der Waals surface area contributed by atoms with E-state index in [1.165, 1.54) is 18.5 Å². The minimum atomic E-state index is -0.609. The summed E-state index contributed by atoms with van der Waals surface area (Å²) in [5.74, 6) is -0.548. The van der Waals surface area contributed by atoms with Gasteiger partial charge in [-0.1, -0.05) is 29.3 Å². The van der Waals surface area contributed by atoms with Crippen LogP contribution in [0.3, 0.4) is 0 Å². The molecule has 1 N–H and O–H groups in total. The highest BCUT2D eigenvalue weighted by molar-refractivity contribution is 6.39. The van der Waals surface area contributed by atoms with Gasteiger partial charge in [-0.3, -0.25) is 24.3 Å². The van der Waals surface area contributed by atoms with Gasteiger partial charge in [0.25, 0.3) is 11.2 Å². The second kappa shape index (κ2) is 7.11. The van der Waals surface area contributed by atoms with E-state index in [4.69, 9.17) is 23.2 Å². The summed E-state index contributed by atoms with van der Waals surface area (Å²) in [6.45, 7) is -0.355. The van der Waals surface area contributed by atoms with Gasteiger partial charge in [0.15, 0.2) is 0 Å². The van der Waals surface area contributed by atoms with E-state index in [0.29, 0.717) is 5.52 Å². The maximum absolute atomic E-state index is 12.5. The number of nitro benzene ring substituents is 1. The largest absolute Gasteiger partial charge is 0.322 e. The van der Waals surface area contributed by atoms with Gasteiger partial charge in [-0.2, -0.15) is 0 Å². The molecule has 0 spiro atoms. The topological polar surface area (TPSA) is 107 Å². The number of nitrogens with one attached hydrogen (secondary N) is 1. The molecule has 132 valence electrons. The predicted molar refractivity (Wildman–Crippen MR) is 97.7 cm³/mol. The van der Waals surface area contributed by atoms with Crippen LogP contribution < -0.4 is 10.9 Å². The molecule has 0 saturated heterocycles. The molecule has 10 heteroatoms. The lowest BCUT2D eigenvalue weighted by Crippen LogP contribution is -2.28.